The van der Waals surface area contributed by atoms with Gasteiger partial charge in [-0.2, -0.15) is 0 Å². The Hall–Kier alpha value is -3.33. The number of nitrogens with zero attached hydrogens (tertiary/aromatic N) is 3. The van der Waals surface area contributed by atoms with E-state index < -0.39 is 10.8 Å². The highest BCUT2D eigenvalue weighted by molar-refractivity contribution is 7.98. The fourth-order valence-corrected chi connectivity index (χ4v) is 3.07. The van der Waals surface area contributed by atoms with Crippen LogP contribution in [0.2, 0.25) is 0 Å². The van der Waals surface area contributed by atoms with Gasteiger partial charge in [-0.15, -0.1) is 0 Å². The van der Waals surface area contributed by atoms with Gasteiger partial charge in [-0.25, -0.2) is 4.98 Å². The van der Waals surface area contributed by atoms with Crippen LogP contribution in [0.25, 0.3) is 5.69 Å². The van der Waals surface area contributed by atoms with E-state index in [1.165, 1.54) is 37.1 Å². The fraction of sp³-hybridized carbons (Fsp3) is 0.111. The number of aromatic nitrogens is 2. The molecular weight excluding hydrogens is 368 g/mol. The van der Waals surface area contributed by atoms with Crippen molar-refractivity contribution in [1.29, 1.82) is 0 Å². The van der Waals surface area contributed by atoms with Gasteiger partial charge >= 0.3 is 0 Å². The minimum atomic E-state index is -0.529. The molecule has 0 bridgehead atoms. The summed E-state index contributed by atoms with van der Waals surface area (Å²) in [6.07, 6.45) is 5.42. The van der Waals surface area contributed by atoms with Gasteiger partial charge in [0.1, 0.15) is 5.75 Å². The van der Waals surface area contributed by atoms with E-state index in [9.17, 15) is 14.9 Å². The molecule has 1 N–H and O–H groups in total. The molecule has 0 atom stereocenters. The predicted octanol–water partition coefficient (Wildman–Crippen LogP) is 3.76. The van der Waals surface area contributed by atoms with Crippen LogP contribution in [0.3, 0.4) is 0 Å². The first-order chi connectivity index (χ1) is 13.0. The van der Waals surface area contributed by atoms with Crippen molar-refractivity contribution in [2.24, 2.45) is 0 Å². The number of carbonyl (C=O) groups is 1. The van der Waals surface area contributed by atoms with E-state index in [1.807, 2.05) is 23.1 Å². The average Bonchev–Trinajstić information content (AvgIpc) is 3.16. The standard InChI is InChI=1S/C18H16N4O4S/c1-26-16-7-6-14(22(24)25)11-15(16)20-17(23)12-4-3-5-13(10-12)21-9-8-19-18(21)27-2/h3-11H,1-2H3,(H,20,23). The largest absolute Gasteiger partial charge is 0.495 e. The third-order valence-corrected chi connectivity index (χ3v) is 4.49. The number of hydrogen-bond donors (Lipinski definition) is 1. The molecule has 1 heterocycles. The zero-order valence-electron chi connectivity index (χ0n) is 14.6. The first kappa shape index (κ1) is 18.5. The summed E-state index contributed by atoms with van der Waals surface area (Å²) in [6, 6.07) is 11.0. The summed E-state index contributed by atoms with van der Waals surface area (Å²) in [5.74, 6) is -0.0640. The number of hydrogen-bond acceptors (Lipinski definition) is 6. The van der Waals surface area contributed by atoms with Gasteiger partial charge in [-0.3, -0.25) is 19.5 Å². The number of imidazole rings is 1. The van der Waals surface area contributed by atoms with Crippen LogP contribution in [0.5, 0.6) is 5.75 Å². The second-order valence-corrected chi connectivity index (χ2v) is 6.20. The molecule has 27 heavy (non-hydrogen) atoms. The minimum absolute atomic E-state index is 0.136. The molecule has 9 heteroatoms. The predicted molar refractivity (Wildman–Crippen MR) is 103 cm³/mol. The number of non-ortho nitro benzene ring substituents is 1. The summed E-state index contributed by atoms with van der Waals surface area (Å²) in [5, 5.41) is 14.5. The highest BCUT2D eigenvalue weighted by Crippen LogP contribution is 2.29. The molecule has 0 radical (unpaired) electrons. The molecule has 0 saturated carbocycles. The molecular formula is C18H16N4O4S. The van der Waals surface area contributed by atoms with Crippen molar-refractivity contribution in [1.82, 2.24) is 9.55 Å². The topological polar surface area (TPSA) is 99.3 Å². The van der Waals surface area contributed by atoms with Crippen LogP contribution in [0.15, 0.2) is 60.0 Å². The maximum Gasteiger partial charge on any atom is 0.271 e. The molecule has 0 aliphatic heterocycles. The quantitative estimate of drug-likeness (QED) is 0.395. The Labute approximate surface area is 159 Å². The third kappa shape index (κ3) is 3.93. The SMILES string of the molecule is COc1ccc([N+](=O)[O-])cc1NC(=O)c1cccc(-n2ccnc2SC)c1. The van der Waals surface area contributed by atoms with Crippen LogP contribution in [-0.4, -0.2) is 33.7 Å². The Morgan fingerprint density at radius 1 is 1.30 bits per heavy atom. The summed E-state index contributed by atoms with van der Waals surface area (Å²) in [7, 11) is 1.43. The van der Waals surface area contributed by atoms with Gasteiger partial charge in [0.25, 0.3) is 11.6 Å². The van der Waals surface area contributed by atoms with Crippen molar-refractivity contribution < 1.29 is 14.5 Å². The fourth-order valence-electron chi connectivity index (χ4n) is 2.54. The molecule has 0 fully saturated rings. The number of ether oxygens (including phenoxy) is 1. The minimum Gasteiger partial charge on any atom is -0.495 e. The Bertz CT molecular complexity index is 1000. The Morgan fingerprint density at radius 2 is 2.11 bits per heavy atom. The van der Waals surface area contributed by atoms with E-state index in [0.717, 1.165) is 10.8 Å². The maximum absolute atomic E-state index is 12.7. The van der Waals surface area contributed by atoms with E-state index in [0.29, 0.717) is 11.3 Å². The molecule has 3 aromatic rings. The number of carbonyl (C=O) groups excluding carboxylic acids is 1. The van der Waals surface area contributed by atoms with E-state index >= 15 is 0 Å². The number of methoxy groups -OCH3 is 1. The normalized spacial score (nSPS) is 10.4. The van der Waals surface area contributed by atoms with Crippen molar-refractivity contribution in [3.63, 3.8) is 0 Å². The molecule has 138 valence electrons. The van der Waals surface area contributed by atoms with E-state index in [1.54, 1.807) is 24.4 Å². The molecule has 3 rings (SSSR count). The molecule has 2 aromatic carbocycles. The molecule has 0 aliphatic carbocycles. The molecule has 0 saturated heterocycles. The number of amides is 1. The lowest BCUT2D eigenvalue weighted by molar-refractivity contribution is -0.384. The molecule has 0 unspecified atom stereocenters. The van der Waals surface area contributed by atoms with Gasteiger partial charge in [-0.1, -0.05) is 17.8 Å². The lowest BCUT2D eigenvalue weighted by Gasteiger charge is -2.11. The summed E-state index contributed by atoms with van der Waals surface area (Å²) in [6.45, 7) is 0. The average molecular weight is 384 g/mol. The van der Waals surface area contributed by atoms with Crippen LogP contribution in [0.1, 0.15) is 10.4 Å². The molecule has 8 nitrogen and oxygen atoms in total. The van der Waals surface area contributed by atoms with Gasteiger partial charge < -0.3 is 10.1 Å². The highest BCUT2D eigenvalue weighted by atomic mass is 32.2. The highest BCUT2D eigenvalue weighted by Gasteiger charge is 2.15. The number of benzene rings is 2. The number of thioether (sulfide) groups is 1. The van der Waals surface area contributed by atoms with Crippen LogP contribution in [-0.2, 0) is 0 Å². The van der Waals surface area contributed by atoms with Gasteiger partial charge in [0, 0.05) is 35.8 Å². The molecule has 1 amide bonds. The van der Waals surface area contributed by atoms with Gasteiger partial charge in [-0.05, 0) is 30.5 Å². The zero-order chi connectivity index (χ0) is 19.4. The van der Waals surface area contributed by atoms with Crippen molar-refractivity contribution in [2.45, 2.75) is 5.16 Å². The van der Waals surface area contributed by atoms with Crippen LogP contribution in [0.4, 0.5) is 11.4 Å². The lowest BCUT2D eigenvalue weighted by Crippen LogP contribution is -2.13. The number of anilines is 1. The van der Waals surface area contributed by atoms with Crippen LogP contribution < -0.4 is 10.1 Å². The second-order valence-electron chi connectivity index (χ2n) is 5.43. The Kier molecular flexibility index (Phi) is 5.41. The monoisotopic (exact) mass is 384 g/mol. The van der Waals surface area contributed by atoms with Crippen molar-refractivity contribution in [3.8, 4) is 11.4 Å². The number of nitro groups is 1. The third-order valence-electron chi connectivity index (χ3n) is 3.82. The zero-order valence-corrected chi connectivity index (χ0v) is 15.4. The number of nitro benzene ring substituents is 1. The van der Waals surface area contributed by atoms with Crippen molar-refractivity contribution in [2.75, 3.05) is 18.7 Å². The second kappa shape index (κ2) is 7.92. The molecule has 1 aromatic heterocycles. The Morgan fingerprint density at radius 3 is 2.81 bits per heavy atom. The van der Waals surface area contributed by atoms with Crippen molar-refractivity contribution in [3.05, 3.63) is 70.5 Å². The summed E-state index contributed by atoms with van der Waals surface area (Å²) in [4.78, 5) is 27.4. The van der Waals surface area contributed by atoms with E-state index in [4.69, 9.17) is 4.74 Å². The smallest absolute Gasteiger partial charge is 0.271 e. The number of rotatable bonds is 6. The van der Waals surface area contributed by atoms with E-state index in [2.05, 4.69) is 10.3 Å². The van der Waals surface area contributed by atoms with Crippen LogP contribution >= 0.6 is 11.8 Å². The van der Waals surface area contributed by atoms with Crippen LogP contribution in [0, 0.1) is 10.1 Å². The molecule has 0 spiro atoms. The van der Waals surface area contributed by atoms with E-state index in [-0.39, 0.29) is 11.4 Å². The summed E-state index contributed by atoms with van der Waals surface area (Å²) >= 11 is 1.49. The molecule has 0 aliphatic rings. The first-order valence-electron chi connectivity index (χ1n) is 7.85. The maximum atomic E-state index is 12.7. The summed E-state index contributed by atoms with van der Waals surface area (Å²) in [5.41, 5.74) is 1.29. The van der Waals surface area contributed by atoms with Gasteiger partial charge in [0.15, 0.2) is 5.16 Å². The first-order valence-corrected chi connectivity index (χ1v) is 9.07. The van der Waals surface area contributed by atoms with Gasteiger partial charge in [0.05, 0.1) is 17.7 Å². The lowest BCUT2D eigenvalue weighted by atomic mass is 10.1. The summed E-state index contributed by atoms with van der Waals surface area (Å²) < 4.78 is 7.05. The number of nitrogens with one attached hydrogen (secondary N) is 1. The Balaban J connectivity index is 1.90. The van der Waals surface area contributed by atoms with Gasteiger partial charge in [0.2, 0.25) is 0 Å². The van der Waals surface area contributed by atoms with Crippen molar-refractivity contribution >= 4 is 29.0 Å².